The molecule has 0 bridgehead atoms. The van der Waals surface area contributed by atoms with Gasteiger partial charge in [0.05, 0.1) is 12.0 Å². The van der Waals surface area contributed by atoms with Crippen molar-refractivity contribution in [2.45, 2.75) is 51.3 Å². The van der Waals surface area contributed by atoms with Crippen LogP contribution in [0.3, 0.4) is 0 Å². The number of carbonyl (C=O) groups excluding carboxylic acids is 1. The maximum atomic E-state index is 13.2. The number of methoxy groups -OCH3 is 1. The first-order valence-electron chi connectivity index (χ1n) is 13.3. The average molecular weight is 545 g/mol. The van der Waals surface area contributed by atoms with E-state index in [1.807, 2.05) is 12.1 Å². The molecular formula is C29H44N4O4S. The van der Waals surface area contributed by atoms with Gasteiger partial charge in [-0.3, -0.25) is 4.79 Å². The number of anilines is 2. The minimum absolute atomic E-state index is 0.0608. The molecule has 0 radical (unpaired) electrons. The number of nitrogens with one attached hydrogen (secondary N) is 1. The SMILES string of the molecule is COc1cc(C)c(S(=O)(=O)N(C)CCC(=O)Nc2ccc(N3CCC(CCN(C)C)CC3)c(C)c2)c(C)c1. The molecule has 0 atom stereocenters. The molecule has 1 saturated heterocycles. The van der Waals surface area contributed by atoms with E-state index in [1.54, 1.807) is 33.1 Å². The van der Waals surface area contributed by atoms with Crippen LogP contribution in [0.5, 0.6) is 5.75 Å². The summed E-state index contributed by atoms with van der Waals surface area (Å²) in [6.07, 6.45) is 3.72. The number of hydrogen-bond acceptors (Lipinski definition) is 6. The second kappa shape index (κ2) is 13.0. The lowest BCUT2D eigenvalue weighted by molar-refractivity contribution is -0.116. The zero-order chi connectivity index (χ0) is 28.0. The van der Waals surface area contributed by atoms with Crippen LogP contribution in [-0.2, 0) is 14.8 Å². The summed E-state index contributed by atoms with van der Waals surface area (Å²) in [7, 11) is 3.58. The fourth-order valence-corrected chi connectivity index (χ4v) is 6.76. The van der Waals surface area contributed by atoms with E-state index in [1.165, 1.54) is 36.3 Å². The summed E-state index contributed by atoms with van der Waals surface area (Å²) >= 11 is 0. The fraction of sp³-hybridized carbons (Fsp3) is 0.552. The van der Waals surface area contributed by atoms with E-state index in [4.69, 9.17) is 4.74 Å². The lowest BCUT2D eigenvalue weighted by Crippen LogP contribution is -2.35. The molecule has 8 nitrogen and oxygen atoms in total. The molecule has 1 amide bonds. The molecule has 38 heavy (non-hydrogen) atoms. The molecule has 1 fully saturated rings. The predicted molar refractivity (Wildman–Crippen MR) is 155 cm³/mol. The molecule has 2 aromatic rings. The predicted octanol–water partition coefficient (Wildman–Crippen LogP) is 4.44. The van der Waals surface area contributed by atoms with E-state index in [9.17, 15) is 13.2 Å². The summed E-state index contributed by atoms with van der Waals surface area (Å²) in [5, 5.41) is 2.93. The van der Waals surface area contributed by atoms with E-state index in [0.29, 0.717) is 16.9 Å². The Morgan fingerprint density at radius 3 is 2.18 bits per heavy atom. The van der Waals surface area contributed by atoms with Crippen molar-refractivity contribution >= 4 is 27.3 Å². The zero-order valence-electron chi connectivity index (χ0n) is 24.0. The molecule has 1 heterocycles. The summed E-state index contributed by atoms with van der Waals surface area (Å²) < 4.78 is 32.9. The Morgan fingerprint density at radius 1 is 1.00 bits per heavy atom. The highest BCUT2D eigenvalue weighted by Crippen LogP contribution is 2.30. The van der Waals surface area contributed by atoms with Crippen LogP contribution in [0.2, 0.25) is 0 Å². The smallest absolute Gasteiger partial charge is 0.243 e. The molecular weight excluding hydrogens is 500 g/mol. The monoisotopic (exact) mass is 544 g/mol. The molecule has 0 spiro atoms. The summed E-state index contributed by atoms with van der Waals surface area (Å²) in [5.74, 6) is 1.18. The second-order valence-electron chi connectivity index (χ2n) is 10.7. The molecule has 9 heteroatoms. The Hall–Kier alpha value is -2.62. The number of ether oxygens (including phenoxy) is 1. The van der Waals surface area contributed by atoms with Crippen molar-refractivity contribution in [1.29, 1.82) is 0 Å². The quantitative estimate of drug-likeness (QED) is 0.451. The molecule has 0 unspecified atom stereocenters. The van der Waals surface area contributed by atoms with Gasteiger partial charge in [-0.15, -0.1) is 0 Å². The summed E-state index contributed by atoms with van der Waals surface area (Å²) in [4.78, 5) is 17.6. The largest absolute Gasteiger partial charge is 0.497 e. The molecule has 1 N–H and O–H groups in total. The Balaban J connectivity index is 1.55. The van der Waals surface area contributed by atoms with Crippen LogP contribution in [0.1, 0.15) is 42.4 Å². The molecule has 210 valence electrons. The van der Waals surface area contributed by atoms with Crippen molar-refractivity contribution in [3.8, 4) is 5.75 Å². The van der Waals surface area contributed by atoms with Crippen molar-refractivity contribution in [3.63, 3.8) is 0 Å². The molecule has 0 aliphatic carbocycles. The number of piperidine rings is 1. The number of sulfonamides is 1. The van der Waals surface area contributed by atoms with Crippen molar-refractivity contribution in [2.75, 3.05) is 64.6 Å². The van der Waals surface area contributed by atoms with Crippen LogP contribution >= 0.6 is 0 Å². The van der Waals surface area contributed by atoms with Gasteiger partial charge < -0.3 is 19.9 Å². The molecule has 2 aromatic carbocycles. The topological polar surface area (TPSA) is 82.2 Å². The van der Waals surface area contributed by atoms with Gasteiger partial charge in [-0.2, -0.15) is 0 Å². The Bertz CT molecular complexity index is 1200. The number of nitrogens with zero attached hydrogens (tertiary/aromatic N) is 3. The number of benzene rings is 2. The highest BCUT2D eigenvalue weighted by molar-refractivity contribution is 7.89. The number of rotatable bonds is 11. The highest BCUT2D eigenvalue weighted by Gasteiger charge is 2.26. The maximum absolute atomic E-state index is 13.2. The van der Waals surface area contributed by atoms with Crippen LogP contribution in [0.25, 0.3) is 0 Å². The second-order valence-corrected chi connectivity index (χ2v) is 12.7. The van der Waals surface area contributed by atoms with E-state index >= 15 is 0 Å². The summed E-state index contributed by atoms with van der Waals surface area (Å²) in [6, 6.07) is 9.43. The number of aryl methyl sites for hydroxylation is 3. The van der Waals surface area contributed by atoms with Crippen LogP contribution in [0, 0.1) is 26.7 Å². The van der Waals surface area contributed by atoms with Crippen LogP contribution in [-0.4, -0.2) is 78.0 Å². The first kappa shape index (κ1) is 29.9. The molecule has 1 aliphatic heterocycles. The lowest BCUT2D eigenvalue weighted by atomic mass is 9.92. The van der Waals surface area contributed by atoms with Gasteiger partial charge >= 0.3 is 0 Å². The third kappa shape index (κ3) is 7.48. The first-order valence-corrected chi connectivity index (χ1v) is 14.8. The Kier molecular flexibility index (Phi) is 10.2. The zero-order valence-corrected chi connectivity index (χ0v) is 24.8. The normalized spacial score (nSPS) is 14.8. The minimum Gasteiger partial charge on any atom is -0.497 e. The van der Waals surface area contributed by atoms with E-state index < -0.39 is 10.0 Å². The summed E-state index contributed by atoms with van der Waals surface area (Å²) in [6.45, 7) is 8.91. The van der Waals surface area contributed by atoms with Gasteiger partial charge in [0.1, 0.15) is 5.75 Å². The van der Waals surface area contributed by atoms with Crippen molar-refractivity contribution in [1.82, 2.24) is 9.21 Å². The Labute approximate surface area is 229 Å². The van der Waals surface area contributed by atoms with Gasteiger partial charge in [-0.25, -0.2) is 12.7 Å². The van der Waals surface area contributed by atoms with Crippen LogP contribution in [0.4, 0.5) is 11.4 Å². The first-order chi connectivity index (χ1) is 17.9. The van der Waals surface area contributed by atoms with Crippen LogP contribution < -0.4 is 15.0 Å². The number of hydrogen-bond donors (Lipinski definition) is 1. The van der Waals surface area contributed by atoms with E-state index in [2.05, 4.69) is 42.2 Å². The van der Waals surface area contributed by atoms with Gasteiger partial charge in [0, 0.05) is 44.5 Å². The highest BCUT2D eigenvalue weighted by atomic mass is 32.2. The average Bonchev–Trinajstić information content (AvgIpc) is 2.85. The molecule has 3 rings (SSSR count). The van der Waals surface area contributed by atoms with Gasteiger partial charge in [-0.1, -0.05) is 0 Å². The van der Waals surface area contributed by atoms with Gasteiger partial charge in [0.25, 0.3) is 0 Å². The Morgan fingerprint density at radius 2 is 1.63 bits per heavy atom. The van der Waals surface area contributed by atoms with Crippen LogP contribution in [0.15, 0.2) is 35.2 Å². The fourth-order valence-electron chi connectivity index (χ4n) is 5.19. The molecule has 0 aromatic heterocycles. The lowest BCUT2D eigenvalue weighted by Gasteiger charge is -2.35. The molecule has 1 aliphatic rings. The molecule has 0 saturated carbocycles. The minimum atomic E-state index is -3.74. The van der Waals surface area contributed by atoms with Crippen molar-refractivity contribution < 1.29 is 17.9 Å². The standard InChI is InChI=1S/C29H44N4O4S/c1-21-18-25(8-9-27(21)33-16-11-24(12-17-33)10-14-31(4)5)30-28(34)13-15-32(6)38(35,36)29-22(2)19-26(37-7)20-23(29)3/h8-9,18-20,24H,10-17H2,1-7H3,(H,30,34). The third-order valence-electron chi connectivity index (χ3n) is 7.41. The maximum Gasteiger partial charge on any atom is 0.243 e. The van der Waals surface area contributed by atoms with E-state index in [-0.39, 0.29) is 23.8 Å². The van der Waals surface area contributed by atoms with Gasteiger partial charge in [-0.05, 0) is 114 Å². The van der Waals surface area contributed by atoms with Gasteiger partial charge in [0.2, 0.25) is 15.9 Å². The van der Waals surface area contributed by atoms with Crippen molar-refractivity contribution in [2.24, 2.45) is 5.92 Å². The number of carbonyl (C=O) groups is 1. The number of amides is 1. The van der Waals surface area contributed by atoms with Crippen molar-refractivity contribution in [3.05, 3.63) is 47.0 Å². The van der Waals surface area contributed by atoms with Gasteiger partial charge in [0.15, 0.2) is 0 Å². The summed E-state index contributed by atoms with van der Waals surface area (Å²) in [5.41, 5.74) is 4.30. The van der Waals surface area contributed by atoms with E-state index in [0.717, 1.165) is 36.8 Å². The third-order valence-corrected chi connectivity index (χ3v) is 9.57.